The summed E-state index contributed by atoms with van der Waals surface area (Å²) in [7, 11) is 1.60. The number of hydrogen-bond donors (Lipinski definition) is 1. The average molecular weight is 323 g/mol. The number of imidazole rings is 1. The molecule has 0 aliphatic rings. The molecule has 1 aromatic carbocycles. The summed E-state index contributed by atoms with van der Waals surface area (Å²) in [5.41, 5.74) is 4.97. The van der Waals surface area contributed by atoms with Gasteiger partial charge in [0.05, 0.1) is 12.8 Å². The van der Waals surface area contributed by atoms with Crippen LogP contribution in [0.4, 0.5) is 5.69 Å². The molecule has 1 amide bonds. The van der Waals surface area contributed by atoms with Crippen LogP contribution in [0.3, 0.4) is 0 Å². The molecule has 124 valence electrons. The van der Waals surface area contributed by atoms with Crippen LogP contribution in [0.15, 0.2) is 36.5 Å². The molecule has 0 fully saturated rings. The quantitative estimate of drug-likeness (QED) is 0.795. The highest BCUT2D eigenvalue weighted by atomic mass is 16.5. The summed E-state index contributed by atoms with van der Waals surface area (Å²) < 4.78 is 7.14. The van der Waals surface area contributed by atoms with Crippen LogP contribution < -0.4 is 10.1 Å². The third kappa shape index (κ3) is 2.73. The van der Waals surface area contributed by atoms with Gasteiger partial charge in [0.15, 0.2) is 11.4 Å². The molecule has 0 spiro atoms. The van der Waals surface area contributed by atoms with Crippen molar-refractivity contribution in [2.75, 3.05) is 12.4 Å². The summed E-state index contributed by atoms with van der Waals surface area (Å²) in [4.78, 5) is 17.5. The maximum atomic E-state index is 12.9. The molecule has 0 atom stereocenters. The maximum Gasteiger partial charge on any atom is 0.274 e. The van der Waals surface area contributed by atoms with Crippen molar-refractivity contribution >= 4 is 17.2 Å². The predicted molar refractivity (Wildman–Crippen MR) is 95.0 cm³/mol. The fourth-order valence-electron chi connectivity index (χ4n) is 2.87. The molecule has 0 aliphatic heterocycles. The Morgan fingerprint density at radius 1 is 1.29 bits per heavy atom. The van der Waals surface area contributed by atoms with Crippen LogP contribution >= 0.6 is 0 Å². The van der Waals surface area contributed by atoms with E-state index in [-0.39, 0.29) is 5.91 Å². The van der Waals surface area contributed by atoms with Crippen molar-refractivity contribution in [3.8, 4) is 5.75 Å². The molecule has 0 bridgehead atoms. The van der Waals surface area contributed by atoms with Gasteiger partial charge in [-0.05, 0) is 44.0 Å². The van der Waals surface area contributed by atoms with Crippen LogP contribution in [0.5, 0.6) is 5.75 Å². The van der Waals surface area contributed by atoms with E-state index in [9.17, 15) is 4.79 Å². The molecule has 0 saturated carbocycles. The summed E-state index contributed by atoms with van der Waals surface area (Å²) in [6.45, 7) is 6.01. The number of rotatable bonds is 4. The van der Waals surface area contributed by atoms with Gasteiger partial charge in [-0.15, -0.1) is 0 Å². The molecule has 5 nitrogen and oxygen atoms in total. The molecule has 0 aliphatic carbocycles. The van der Waals surface area contributed by atoms with Crippen LogP contribution in [0.1, 0.15) is 34.2 Å². The number of aryl methyl sites for hydroxylation is 3. The summed E-state index contributed by atoms with van der Waals surface area (Å²) in [6.07, 6.45) is 2.50. The standard InChI is InChI=1S/C19H21N3O2/c1-5-14-17(22-10-6-7-16(24-4)18(22)20-14)19(23)21-15-9-8-12(2)11-13(15)3/h6-11H,5H2,1-4H3,(H,21,23). The number of benzene rings is 1. The first kappa shape index (κ1) is 16.1. The highest BCUT2D eigenvalue weighted by Crippen LogP contribution is 2.24. The van der Waals surface area contributed by atoms with Crippen LogP contribution in [0.2, 0.25) is 0 Å². The molecular formula is C19H21N3O2. The molecule has 0 unspecified atom stereocenters. The van der Waals surface area contributed by atoms with Crippen molar-refractivity contribution in [1.29, 1.82) is 0 Å². The molecule has 0 saturated heterocycles. The molecular weight excluding hydrogens is 302 g/mol. The fourth-order valence-corrected chi connectivity index (χ4v) is 2.87. The lowest BCUT2D eigenvalue weighted by atomic mass is 10.1. The predicted octanol–water partition coefficient (Wildman–Crippen LogP) is 3.77. The molecule has 3 aromatic rings. The van der Waals surface area contributed by atoms with Crippen LogP contribution in [-0.4, -0.2) is 22.4 Å². The van der Waals surface area contributed by atoms with Gasteiger partial charge in [-0.25, -0.2) is 4.98 Å². The number of hydrogen-bond acceptors (Lipinski definition) is 3. The number of nitrogens with one attached hydrogen (secondary N) is 1. The Balaban J connectivity index is 2.06. The zero-order chi connectivity index (χ0) is 17.3. The van der Waals surface area contributed by atoms with Gasteiger partial charge in [0.25, 0.3) is 5.91 Å². The van der Waals surface area contributed by atoms with Gasteiger partial charge < -0.3 is 10.1 Å². The van der Waals surface area contributed by atoms with Crippen molar-refractivity contribution in [3.63, 3.8) is 0 Å². The van der Waals surface area contributed by atoms with Crippen molar-refractivity contribution in [2.45, 2.75) is 27.2 Å². The van der Waals surface area contributed by atoms with E-state index in [2.05, 4.69) is 10.3 Å². The Labute approximate surface area is 141 Å². The Bertz CT molecular complexity index is 912. The second kappa shape index (κ2) is 6.35. The van der Waals surface area contributed by atoms with E-state index in [1.165, 1.54) is 5.56 Å². The minimum Gasteiger partial charge on any atom is -0.493 e. The number of fused-ring (bicyclic) bond motifs is 1. The second-order valence-electron chi connectivity index (χ2n) is 5.80. The number of carbonyl (C=O) groups is 1. The van der Waals surface area contributed by atoms with Gasteiger partial charge in [0, 0.05) is 11.9 Å². The first-order valence-electron chi connectivity index (χ1n) is 7.97. The normalized spacial score (nSPS) is 10.8. The third-order valence-corrected chi connectivity index (χ3v) is 4.09. The van der Waals surface area contributed by atoms with Crippen LogP contribution in [-0.2, 0) is 6.42 Å². The van der Waals surface area contributed by atoms with E-state index >= 15 is 0 Å². The second-order valence-corrected chi connectivity index (χ2v) is 5.80. The number of amides is 1. The van der Waals surface area contributed by atoms with Gasteiger partial charge in [-0.3, -0.25) is 9.20 Å². The number of carbonyl (C=O) groups excluding carboxylic acids is 1. The lowest BCUT2D eigenvalue weighted by Gasteiger charge is -2.10. The smallest absolute Gasteiger partial charge is 0.274 e. The largest absolute Gasteiger partial charge is 0.493 e. The Kier molecular flexibility index (Phi) is 4.25. The minimum atomic E-state index is -0.167. The zero-order valence-electron chi connectivity index (χ0n) is 14.4. The monoisotopic (exact) mass is 323 g/mol. The summed E-state index contributed by atoms with van der Waals surface area (Å²) in [6, 6.07) is 9.65. The fraction of sp³-hybridized carbons (Fsp3) is 0.263. The summed E-state index contributed by atoms with van der Waals surface area (Å²) in [5, 5.41) is 3.00. The Hall–Kier alpha value is -2.82. The number of aromatic nitrogens is 2. The molecule has 2 aromatic heterocycles. The van der Waals surface area contributed by atoms with E-state index in [1.807, 2.05) is 57.3 Å². The Morgan fingerprint density at radius 2 is 2.08 bits per heavy atom. The van der Waals surface area contributed by atoms with E-state index in [0.29, 0.717) is 23.5 Å². The van der Waals surface area contributed by atoms with Crippen LogP contribution in [0, 0.1) is 13.8 Å². The number of anilines is 1. The lowest BCUT2D eigenvalue weighted by molar-refractivity contribution is 0.102. The zero-order valence-corrected chi connectivity index (χ0v) is 14.4. The average Bonchev–Trinajstić information content (AvgIpc) is 2.96. The number of nitrogens with zero attached hydrogens (tertiary/aromatic N) is 2. The van der Waals surface area contributed by atoms with E-state index in [0.717, 1.165) is 16.9 Å². The van der Waals surface area contributed by atoms with Crippen molar-refractivity contribution in [3.05, 3.63) is 59.0 Å². The Morgan fingerprint density at radius 3 is 2.75 bits per heavy atom. The highest BCUT2D eigenvalue weighted by Gasteiger charge is 2.20. The van der Waals surface area contributed by atoms with Gasteiger partial charge in [-0.1, -0.05) is 24.6 Å². The number of pyridine rings is 1. The number of methoxy groups -OCH3 is 1. The van der Waals surface area contributed by atoms with E-state index in [4.69, 9.17) is 4.74 Å². The molecule has 1 N–H and O–H groups in total. The first-order valence-corrected chi connectivity index (χ1v) is 7.97. The summed E-state index contributed by atoms with van der Waals surface area (Å²) >= 11 is 0. The third-order valence-electron chi connectivity index (χ3n) is 4.09. The molecule has 5 heteroatoms. The van der Waals surface area contributed by atoms with Gasteiger partial charge in [0.2, 0.25) is 0 Å². The highest BCUT2D eigenvalue weighted by molar-refractivity contribution is 6.05. The van der Waals surface area contributed by atoms with Crippen molar-refractivity contribution in [2.24, 2.45) is 0 Å². The van der Waals surface area contributed by atoms with Gasteiger partial charge in [0.1, 0.15) is 5.69 Å². The lowest BCUT2D eigenvalue weighted by Crippen LogP contribution is -2.17. The van der Waals surface area contributed by atoms with E-state index in [1.54, 1.807) is 11.5 Å². The van der Waals surface area contributed by atoms with E-state index < -0.39 is 0 Å². The SMILES string of the molecule is CCc1nc2c(OC)cccn2c1C(=O)Nc1ccc(C)cc1C. The minimum absolute atomic E-state index is 0.167. The molecule has 24 heavy (non-hydrogen) atoms. The van der Waals surface area contributed by atoms with Crippen LogP contribution in [0.25, 0.3) is 5.65 Å². The molecule has 3 rings (SSSR count). The van der Waals surface area contributed by atoms with Crippen molar-refractivity contribution < 1.29 is 9.53 Å². The molecule has 0 radical (unpaired) electrons. The van der Waals surface area contributed by atoms with Gasteiger partial charge in [-0.2, -0.15) is 0 Å². The molecule has 2 heterocycles. The maximum absolute atomic E-state index is 12.9. The van der Waals surface area contributed by atoms with Crippen molar-refractivity contribution in [1.82, 2.24) is 9.38 Å². The summed E-state index contributed by atoms with van der Waals surface area (Å²) in [5.74, 6) is 0.484. The van der Waals surface area contributed by atoms with Gasteiger partial charge >= 0.3 is 0 Å². The topological polar surface area (TPSA) is 55.6 Å². The number of ether oxygens (including phenoxy) is 1. The first-order chi connectivity index (χ1) is 11.5.